The molecule has 43 heavy (non-hydrogen) atoms. The number of nitrogens with one attached hydrogen (secondary N) is 1. The first-order valence-corrected chi connectivity index (χ1v) is 18.6. The van der Waals surface area contributed by atoms with Gasteiger partial charge in [0.1, 0.15) is 24.4 Å². The third-order valence-corrected chi connectivity index (χ3v) is 9.59. The van der Waals surface area contributed by atoms with Gasteiger partial charge < -0.3 is 35.0 Å². The molecule has 1 saturated heterocycles. The van der Waals surface area contributed by atoms with Gasteiger partial charge in [-0.05, 0) is 19.3 Å². The summed E-state index contributed by atoms with van der Waals surface area (Å²) in [7, 11) is -3.73. The molecule has 1 heterocycles. The highest BCUT2D eigenvalue weighted by Crippen LogP contribution is 2.22. The maximum Gasteiger partial charge on any atom is 0.212 e. The molecule has 1 fully saturated rings. The molecular weight excluding hydrogens is 574 g/mol. The molecule has 4 unspecified atom stereocenters. The van der Waals surface area contributed by atoms with Gasteiger partial charge in [-0.2, -0.15) is 0 Å². The van der Waals surface area contributed by atoms with Crippen LogP contribution in [0, 0.1) is 0 Å². The molecule has 7 atom stereocenters. The predicted molar refractivity (Wildman–Crippen MR) is 170 cm³/mol. The minimum absolute atomic E-state index is 0.0785. The maximum atomic E-state index is 12.8. The van der Waals surface area contributed by atoms with Crippen molar-refractivity contribution in [2.75, 3.05) is 19.0 Å². The van der Waals surface area contributed by atoms with Crippen molar-refractivity contribution >= 4 is 10.0 Å². The van der Waals surface area contributed by atoms with E-state index >= 15 is 0 Å². The molecule has 10 nitrogen and oxygen atoms in total. The van der Waals surface area contributed by atoms with Crippen molar-refractivity contribution in [3.63, 3.8) is 0 Å². The Balaban J connectivity index is 2.59. The van der Waals surface area contributed by atoms with E-state index in [9.17, 15) is 34.0 Å². The first-order valence-electron chi connectivity index (χ1n) is 16.9. The van der Waals surface area contributed by atoms with Gasteiger partial charge in [0.05, 0.1) is 31.1 Å². The fourth-order valence-electron chi connectivity index (χ4n) is 5.26. The van der Waals surface area contributed by atoms with E-state index in [0.29, 0.717) is 6.42 Å². The molecule has 0 spiro atoms. The van der Waals surface area contributed by atoms with Crippen LogP contribution in [0.25, 0.3) is 0 Å². The number of aliphatic hydroxyl groups excluding tert-OH is 5. The van der Waals surface area contributed by atoms with Crippen LogP contribution in [-0.4, -0.2) is 95.8 Å². The van der Waals surface area contributed by atoms with Gasteiger partial charge in [0, 0.05) is 0 Å². The van der Waals surface area contributed by atoms with Crippen molar-refractivity contribution in [2.45, 2.75) is 172 Å². The smallest absolute Gasteiger partial charge is 0.212 e. The lowest BCUT2D eigenvalue weighted by atomic mass is 9.99. The summed E-state index contributed by atoms with van der Waals surface area (Å²) in [6.45, 7) is 3.39. The molecule has 1 aliphatic heterocycles. The Morgan fingerprint density at radius 2 is 1.28 bits per heavy atom. The van der Waals surface area contributed by atoms with E-state index in [1.165, 1.54) is 57.8 Å². The predicted octanol–water partition coefficient (Wildman–Crippen LogP) is 4.07. The molecule has 0 aromatic carbocycles. The zero-order valence-corrected chi connectivity index (χ0v) is 27.6. The largest absolute Gasteiger partial charge is 0.394 e. The lowest BCUT2D eigenvalue weighted by Crippen LogP contribution is -2.60. The number of allylic oxidation sites excluding steroid dienone is 1. The van der Waals surface area contributed by atoms with Gasteiger partial charge in [0.25, 0.3) is 0 Å². The summed E-state index contributed by atoms with van der Waals surface area (Å²) < 4.78 is 39.2. The standard InChI is InChI=1S/C32H63NO9S/c1-3-5-7-9-11-12-13-14-15-16-17-18-20-22-27(35)26(33-43(39,40)23-21-19-10-8-6-4-2)25-41-32-31(38)30(37)29(36)28(24-34)42-32/h20,22,26-38H,3-19,21,23-25H2,1-2H3/b22-20-/t26?,27?,28?,29-,30-,31?,32-/m1/s1. The number of ether oxygens (including phenoxy) is 2. The highest BCUT2D eigenvalue weighted by molar-refractivity contribution is 7.89. The van der Waals surface area contributed by atoms with E-state index in [1.807, 2.05) is 6.08 Å². The molecule has 0 radical (unpaired) electrons. The van der Waals surface area contributed by atoms with Gasteiger partial charge >= 0.3 is 0 Å². The highest BCUT2D eigenvalue weighted by atomic mass is 32.2. The maximum absolute atomic E-state index is 12.8. The molecule has 0 aromatic heterocycles. The number of aliphatic hydroxyl groups is 5. The molecule has 6 N–H and O–H groups in total. The summed E-state index contributed by atoms with van der Waals surface area (Å²) >= 11 is 0. The number of hydrogen-bond donors (Lipinski definition) is 6. The summed E-state index contributed by atoms with van der Waals surface area (Å²) in [5, 5.41) is 50.6. The van der Waals surface area contributed by atoms with E-state index < -0.39 is 59.5 Å². The van der Waals surface area contributed by atoms with Crippen molar-refractivity contribution in [3.05, 3.63) is 12.2 Å². The second kappa shape index (κ2) is 24.6. The Hall–Kier alpha value is -0.630. The van der Waals surface area contributed by atoms with Crippen molar-refractivity contribution in [1.82, 2.24) is 4.72 Å². The van der Waals surface area contributed by atoms with Crippen LogP contribution in [-0.2, 0) is 19.5 Å². The Morgan fingerprint density at radius 1 is 0.767 bits per heavy atom. The van der Waals surface area contributed by atoms with Crippen LogP contribution < -0.4 is 4.72 Å². The number of rotatable bonds is 27. The Morgan fingerprint density at radius 3 is 1.81 bits per heavy atom. The number of sulfonamides is 1. The number of unbranched alkanes of at least 4 members (excludes halogenated alkanes) is 16. The molecule has 0 aliphatic carbocycles. The highest BCUT2D eigenvalue weighted by Gasteiger charge is 2.44. The zero-order valence-electron chi connectivity index (χ0n) is 26.8. The summed E-state index contributed by atoms with van der Waals surface area (Å²) in [4.78, 5) is 0. The molecule has 1 aliphatic rings. The third-order valence-electron chi connectivity index (χ3n) is 8.11. The quantitative estimate of drug-likeness (QED) is 0.0575. The second-order valence-corrected chi connectivity index (χ2v) is 14.0. The van der Waals surface area contributed by atoms with Gasteiger partial charge in [-0.1, -0.05) is 122 Å². The summed E-state index contributed by atoms with van der Waals surface area (Å²) in [6.07, 6.45) is 14.9. The molecule has 0 aromatic rings. The Labute approximate surface area is 261 Å². The van der Waals surface area contributed by atoms with Crippen molar-refractivity contribution in [3.8, 4) is 0 Å². The topological polar surface area (TPSA) is 166 Å². The van der Waals surface area contributed by atoms with Gasteiger partial charge in [0.2, 0.25) is 10.0 Å². The minimum atomic E-state index is -3.73. The summed E-state index contributed by atoms with van der Waals surface area (Å²) in [6, 6.07) is -1.06. The SMILES string of the molecule is CCCCCCCCCCCCC/C=C\C(O)C(CO[C@@H]1OC(CO)[C@@H](O)[C@@H](O)C1O)NS(=O)(=O)CCCCCCCC. The van der Waals surface area contributed by atoms with Crippen LogP contribution >= 0.6 is 0 Å². The van der Waals surface area contributed by atoms with Crippen molar-refractivity contribution in [2.24, 2.45) is 0 Å². The van der Waals surface area contributed by atoms with Crippen LogP contribution in [0.1, 0.15) is 129 Å². The summed E-state index contributed by atoms with van der Waals surface area (Å²) in [5.41, 5.74) is 0. The number of hydrogen-bond acceptors (Lipinski definition) is 9. The molecule has 11 heteroatoms. The first kappa shape index (κ1) is 40.4. The molecule has 0 bridgehead atoms. The molecule has 0 saturated carbocycles. The fourth-order valence-corrected chi connectivity index (χ4v) is 6.63. The Kier molecular flexibility index (Phi) is 23.1. The van der Waals surface area contributed by atoms with E-state index in [4.69, 9.17) is 9.47 Å². The van der Waals surface area contributed by atoms with Gasteiger partial charge in [-0.25, -0.2) is 13.1 Å². The molecule has 0 amide bonds. The van der Waals surface area contributed by atoms with Crippen LogP contribution in [0.5, 0.6) is 0 Å². The van der Waals surface area contributed by atoms with Gasteiger partial charge in [-0.15, -0.1) is 0 Å². The zero-order chi connectivity index (χ0) is 31.9. The van der Waals surface area contributed by atoms with Crippen LogP contribution in [0.3, 0.4) is 0 Å². The summed E-state index contributed by atoms with van der Waals surface area (Å²) in [5.74, 6) is -0.0785. The van der Waals surface area contributed by atoms with Crippen molar-refractivity contribution in [1.29, 1.82) is 0 Å². The lowest BCUT2D eigenvalue weighted by Gasteiger charge is -2.40. The third kappa shape index (κ3) is 18.2. The van der Waals surface area contributed by atoms with E-state index in [2.05, 4.69) is 18.6 Å². The van der Waals surface area contributed by atoms with E-state index in [-0.39, 0.29) is 12.4 Å². The van der Waals surface area contributed by atoms with Gasteiger partial charge in [-0.3, -0.25) is 0 Å². The second-order valence-electron chi connectivity index (χ2n) is 12.1. The first-order chi connectivity index (χ1) is 20.7. The van der Waals surface area contributed by atoms with Gasteiger partial charge in [0.15, 0.2) is 6.29 Å². The van der Waals surface area contributed by atoms with E-state index in [0.717, 1.165) is 51.4 Å². The monoisotopic (exact) mass is 637 g/mol. The van der Waals surface area contributed by atoms with Crippen molar-refractivity contribution < 1.29 is 43.4 Å². The molecular formula is C32H63NO9S. The fraction of sp³-hybridized carbons (Fsp3) is 0.938. The average Bonchev–Trinajstić information content (AvgIpc) is 2.98. The average molecular weight is 638 g/mol. The van der Waals surface area contributed by atoms with Crippen LogP contribution in [0.4, 0.5) is 0 Å². The Bertz CT molecular complexity index is 796. The lowest BCUT2D eigenvalue weighted by molar-refractivity contribution is -0.302. The molecule has 256 valence electrons. The van der Waals surface area contributed by atoms with E-state index in [1.54, 1.807) is 6.08 Å². The normalized spacial score (nSPS) is 24.5. The van der Waals surface area contributed by atoms with Crippen LogP contribution in [0.2, 0.25) is 0 Å². The molecule has 1 rings (SSSR count). The minimum Gasteiger partial charge on any atom is -0.394 e. The van der Waals surface area contributed by atoms with Crippen LogP contribution in [0.15, 0.2) is 12.2 Å².